The summed E-state index contributed by atoms with van der Waals surface area (Å²) in [5, 5.41) is 8.71. The highest BCUT2D eigenvalue weighted by Crippen LogP contribution is 2.23. The number of hydrogen-bond acceptors (Lipinski definition) is 6. The second-order valence-electron chi connectivity index (χ2n) is 12.1. The van der Waals surface area contributed by atoms with Gasteiger partial charge in [-0.3, -0.25) is 9.59 Å². The van der Waals surface area contributed by atoms with Gasteiger partial charge in [0.1, 0.15) is 11.5 Å². The topological polar surface area (TPSA) is 77.3 Å². The van der Waals surface area contributed by atoms with E-state index in [2.05, 4.69) is 23.4 Å². The fourth-order valence-corrected chi connectivity index (χ4v) is 5.20. The van der Waals surface area contributed by atoms with Crippen LogP contribution in [-0.4, -0.2) is 24.8 Å². The number of allylic oxidation sites excluding steroid dienone is 2. The second kappa shape index (κ2) is 26.7. The maximum absolute atomic E-state index is 11.2. The molecule has 0 atom stereocenters. The molecule has 2 aromatic rings. The summed E-state index contributed by atoms with van der Waals surface area (Å²) in [6.45, 7) is 8.50. The Hall–Kier alpha value is -3.54. The highest BCUT2D eigenvalue weighted by molar-refractivity contribution is 5.89. The minimum absolute atomic E-state index is 0.163. The molecule has 0 unspecified atom stereocenters. The summed E-state index contributed by atoms with van der Waals surface area (Å²) in [6.07, 6.45) is 25.5. The lowest BCUT2D eigenvalue weighted by atomic mass is 10.1. The van der Waals surface area contributed by atoms with Crippen LogP contribution < -0.4 is 9.47 Å². The normalized spacial score (nSPS) is 11.0. The molecule has 0 aliphatic carbocycles. The van der Waals surface area contributed by atoms with Crippen molar-refractivity contribution in [3.05, 3.63) is 73.8 Å². The number of carbonyl (C=O) groups is 2. The van der Waals surface area contributed by atoms with Crippen LogP contribution in [0.15, 0.2) is 84.1 Å². The van der Waals surface area contributed by atoms with Crippen LogP contribution >= 0.6 is 0 Å². The van der Waals surface area contributed by atoms with Crippen LogP contribution in [0.3, 0.4) is 0 Å². The summed E-state index contributed by atoms with van der Waals surface area (Å²) >= 11 is 0. The van der Waals surface area contributed by atoms with Gasteiger partial charge in [0.05, 0.1) is 24.6 Å². The number of azo groups is 1. The van der Waals surface area contributed by atoms with Gasteiger partial charge in [-0.2, -0.15) is 10.2 Å². The molecule has 0 aromatic heterocycles. The predicted octanol–water partition coefficient (Wildman–Crippen LogP) is 12.2. The van der Waals surface area contributed by atoms with Gasteiger partial charge in [0.2, 0.25) is 0 Å². The highest BCUT2D eigenvalue weighted by Gasteiger charge is 2.00. The SMILES string of the molecule is C=CC(=O)CCCCCCCCCCCOc1ccc(N=Nc2ccc(OCCCCCCCCCCCC(=O)C=C)cc2)cc1. The fourth-order valence-electron chi connectivity index (χ4n) is 5.20. The molecule has 0 radical (unpaired) electrons. The molecular formula is C40H58N2O4. The molecule has 2 aromatic carbocycles. The van der Waals surface area contributed by atoms with E-state index in [0.29, 0.717) is 12.8 Å². The molecule has 0 fully saturated rings. The number of carbonyl (C=O) groups excluding carboxylic acids is 2. The molecule has 0 bridgehead atoms. The van der Waals surface area contributed by atoms with E-state index in [1.807, 2.05) is 48.5 Å². The highest BCUT2D eigenvalue weighted by atomic mass is 16.5. The molecule has 0 heterocycles. The lowest BCUT2D eigenvalue weighted by Crippen LogP contribution is -1.97. The first-order valence-corrected chi connectivity index (χ1v) is 17.8. The fraction of sp³-hybridized carbons (Fsp3) is 0.550. The van der Waals surface area contributed by atoms with Crippen molar-refractivity contribution in [3.8, 4) is 11.5 Å². The average molecular weight is 631 g/mol. The zero-order chi connectivity index (χ0) is 32.9. The van der Waals surface area contributed by atoms with Gasteiger partial charge in [0.25, 0.3) is 0 Å². The van der Waals surface area contributed by atoms with Gasteiger partial charge in [-0.15, -0.1) is 0 Å². The van der Waals surface area contributed by atoms with E-state index in [1.165, 1.54) is 89.2 Å². The molecule has 0 saturated heterocycles. The molecular weight excluding hydrogens is 572 g/mol. The molecule has 0 aliphatic rings. The minimum Gasteiger partial charge on any atom is -0.494 e. The van der Waals surface area contributed by atoms with Gasteiger partial charge >= 0.3 is 0 Å². The average Bonchev–Trinajstić information content (AvgIpc) is 3.09. The quantitative estimate of drug-likeness (QED) is 0.0489. The molecule has 0 spiro atoms. The van der Waals surface area contributed by atoms with Crippen molar-refractivity contribution in [2.45, 2.75) is 128 Å². The standard InChI is InChI=1S/C40H58N2O4/c1-3-37(43)23-19-15-11-7-5-9-13-17-21-33-45-39-29-25-35(26-30-39)41-42-36-27-31-40(32-28-36)46-34-22-18-14-10-6-8-12-16-20-24-38(44)4-2/h3-4,25-32H,1-2,5-24,33-34H2. The van der Waals surface area contributed by atoms with Crippen molar-refractivity contribution < 1.29 is 19.1 Å². The number of nitrogens with zero attached hydrogens (tertiary/aromatic N) is 2. The van der Waals surface area contributed by atoms with Crippen LogP contribution in [0.1, 0.15) is 128 Å². The zero-order valence-electron chi connectivity index (χ0n) is 28.3. The molecule has 46 heavy (non-hydrogen) atoms. The minimum atomic E-state index is 0.163. The van der Waals surface area contributed by atoms with Crippen molar-refractivity contribution in [2.24, 2.45) is 10.2 Å². The van der Waals surface area contributed by atoms with Crippen LogP contribution in [0.2, 0.25) is 0 Å². The van der Waals surface area contributed by atoms with E-state index < -0.39 is 0 Å². The summed E-state index contributed by atoms with van der Waals surface area (Å²) in [5.41, 5.74) is 1.58. The summed E-state index contributed by atoms with van der Waals surface area (Å²) < 4.78 is 11.8. The van der Waals surface area contributed by atoms with Crippen LogP contribution in [0.25, 0.3) is 0 Å². The number of ketones is 2. The van der Waals surface area contributed by atoms with Crippen molar-refractivity contribution in [3.63, 3.8) is 0 Å². The first kappa shape index (κ1) is 38.6. The Labute approximate surface area is 278 Å². The maximum atomic E-state index is 11.2. The van der Waals surface area contributed by atoms with Crippen molar-refractivity contribution in [1.29, 1.82) is 0 Å². The maximum Gasteiger partial charge on any atom is 0.155 e. The third-order valence-electron chi connectivity index (χ3n) is 8.08. The molecule has 0 N–H and O–H groups in total. The van der Waals surface area contributed by atoms with E-state index in [0.717, 1.165) is 74.6 Å². The Kier molecular flexibility index (Phi) is 22.4. The number of hydrogen-bond donors (Lipinski definition) is 0. The molecule has 252 valence electrons. The summed E-state index contributed by atoms with van der Waals surface area (Å²) in [7, 11) is 0. The molecule has 0 amide bonds. The lowest BCUT2D eigenvalue weighted by Gasteiger charge is -2.07. The van der Waals surface area contributed by atoms with Gasteiger partial charge in [0.15, 0.2) is 11.6 Å². The Bertz CT molecular complexity index is 1040. The van der Waals surface area contributed by atoms with E-state index >= 15 is 0 Å². The summed E-state index contributed by atoms with van der Waals surface area (Å²) in [5.74, 6) is 2.05. The Morgan fingerprint density at radius 2 is 0.739 bits per heavy atom. The third kappa shape index (κ3) is 20.5. The van der Waals surface area contributed by atoms with Crippen LogP contribution in [0, 0.1) is 0 Å². The van der Waals surface area contributed by atoms with E-state index in [9.17, 15) is 9.59 Å². The van der Waals surface area contributed by atoms with E-state index in [1.54, 1.807) is 0 Å². The van der Waals surface area contributed by atoms with Gasteiger partial charge < -0.3 is 9.47 Å². The molecule has 0 aliphatic heterocycles. The smallest absolute Gasteiger partial charge is 0.155 e. The number of benzene rings is 2. The van der Waals surface area contributed by atoms with Gasteiger partial charge in [-0.1, -0.05) is 103 Å². The Morgan fingerprint density at radius 1 is 0.457 bits per heavy atom. The molecule has 6 heteroatoms. The summed E-state index contributed by atoms with van der Waals surface area (Å²) in [4.78, 5) is 22.4. The monoisotopic (exact) mass is 630 g/mol. The first-order chi connectivity index (χ1) is 22.6. The van der Waals surface area contributed by atoms with E-state index in [-0.39, 0.29) is 11.6 Å². The van der Waals surface area contributed by atoms with Gasteiger partial charge in [0, 0.05) is 12.8 Å². The Balaban J connectivity index is 1.45. The van der Waals surface area contributed by atoms with Crippen LogP contribution in [0.5, 0.6) is 11.5 Å². The molecule has 0 saturated carbocycles. The summed E-state index contributed by atoms with van der Waals surface area (Å²) in [6, 6.07) is 15.5. The van der Waals surface area contributed by atoms with Crippen molar-refractivity contribution in [1.82, 2.24) is 0 Å². The van der Waals surface area contributed by atoms with Gasteiger partial charge in [-0.25, -0.2) is 0 Å². The van der Waals surface area contributed by atoms with E-state index in [4.69, 9.17) is 9.47 Å². The number of rotatable bonds is 30. The van der Waals surface area contributed by atoms with Crippen molar-refractivity contribution >= 4 is 22.9 Å². The first-order valence-electron chi connectivity index (χ1n) is 17.8. The number of ether oxygens (including phenoxy) is 2. The predicted molar refractivity (Wildman–Crippen MR) is 191 cm³/mol. The largest absolute Gasteiger partial charge is 0.494 e. The Morgan fingerprint density at radius 3 is 1.04 bits per heavy atom. The number of unbranched alkanes of at least 4 members (excludes halogenated alkanes) is 16. The zero-order valence-corrected chi connectivity index (χ0v) is 28.3. The molecule has 2 rings (SSSR count). The third-order valence-corrected chi connectivity index (χ3v) is 8.08. The lowest BCUT2D eigenvalue weighted by molar-refractivity contribution is -0.115. The molecule has 6 nitrogen and oxygen atoms in total. The van der Waals surface area contributed by atoms with Crippen molar-refractivity contribution in [2.75, 3.05) is 13.2 Å². The van der Waals surface area contributed by atoms with Crippen LogP contribution in [-0.2, 0) is 9.59 Å². The second-order valence-corrected chi connectivity index (χ2v) is 12.1. The van der Waals surface area contributed by atoms with Gasteiger partial charge in [-0.05, 0) is 86.4 Å². The van der Waals surface area contributed by atoms with Crippen LogP contribution in [0.4, 0.5) is 11.4 Å².